The molecule has 1 aliphatic rings. The van der Waals surface area contributed by atoms with Crippen LogP contribution in [-0.2, 0) is 35.8 Å². The minimum absolute atomic E-state index is 0.0857. The van der Waals surface area contributed by atoms with Gasteiger partial charge in [-0.2, -0.15) is 4.31 Å². The molecule has 0 spiro atoms. The summed E-state index contributed by atoms with van der Waals surface area (Å²) in [5.74, 6) is 0.533. The maximum Gasteiger partial charge on any atom is 0.246 e. The number of fused-ring (bicyclic) bond motifs is 1. The summed E-state index contributed by atoms with van der Waals surface area (Å²) in [4.78, 5) is 8.23. The maximum absolute atomic E-state index is 14.0. The molecule has 140 valence electrons. The van der Waals surface area contributed by atoms with Gasteiger partial charge in [0.2, 0.25) is 10.0 Å². The van der Waals surface area contributed by atoms with Gasteiger partial charge in [-0.05, 0) is 30.2 Å². The summed E-state index contributed by atoms with van der Waals surface area (Å²) >= 11 is 0. The van der Waals surface area contributed by atoms with E-state index >= 15 is 0 Å². The lowest BCUT2D eigenvalue weighted by atomic mass is 10.1. The van der Waals surface area contributed by atoms with E-state index in [1.165, 1.54) is 22.5 Å². The molecule has 3 aromatic rings. The summed E-state index contributed by atoms with van der Waals surface area (Å²) in [6.07, 6.45) is 5.29. The fourth-order valence-corrected chi connectivity index (χ4v) is 4.60. The fourth-order valence-electron chi connectivity index (χ4n) is 3.13. The topological polar surface area (TPSA) is 76.3 Å². The first-order valence-electron chi connectivity index (χ1n) is 8.65. The molecule has 2 aromatic heterocycles. The van der Waals surface area contributed by atoms with E-state index in [9.17, 15) is 12.8 Å². The molecule has 0 atom stereocenters. The molecule has 3 heterocycles. The molecule has 1 aromatic carbocycles. The smallest absolute Gasteiger partial charge is 0.246 e. The highest BCUT2D eigenvalue weighted by Crippen LogP contribution is 2.26. The molecule has 6 nitrogen and oxygen atoms in total. The number of halogens is 1. The van der Waals surface area contributed by atoms with Crippen LogP contribution in [0.15, 0.2) is 58.1 Å². The quantitative estimate of drug-likeness (QED) is 0.673. The van der Waals surface area contributed by atoms with Crippen molar-refractivity contribution in [1.29, 1.82) is 0 Å². The van der Waals surface area contributed by atoms with Gasteiger partial charge in [0.25, 0.3) is 0 Å². The molecule has 0 unspecified atom stereocenters. The van der Waals surface area contributed by atoms with Crippen molar-refractivity contribution >= 4 is 10.0 Å². The van der Waals surface area contributed by atoms with Gasteiger partial charge in [-0.3, -0.25) is 4.98 Å². The van der Waals surface area contributed by atoms with Gasteiger partial charge in [-0.1, -0.05) is 18.2 Å². The van der Waals surface area contributed by atoms with Crippen molar-refractivity contribution in [3.05, 3.63) is 77.5 Å². The Morgan fingerprint density at radius 3 is 2.78 bits per heavy atom. The Hall–Kier alpha value is -2.58. The van der Waals surface area contributed by atoms with Crippen LogP contribution in [0.3, 0.4) is 0 Å². The molecular formula is C19H18FN3O3S. The van der Waals surface area contributed by atoms with E-state index in [1.54, 1.807) is 12.4 Å². The Labute approximate surface area is 156 Å². The van der Waals surface area contributed by atoms with Gasteiger partial charge in [-0.25, -0.2) is 17.8 Å². The highest BCUT2D eigenvalue weighted by Gasteiger charge is 2.32. The van der Waals surface area contributed by atoms with Crippen molar-refractivity contribution in [3.63, 3.8) is 0 Å². The number of oxazole rings is 1. The van der Waals surface area contributed by atoms with Crippen LogP contribution in [0.2, 0.25) is 0 Å². The third kappa shape index (κ3) is 3.63. The SMILES string of the molecule is O=S(=O)(c1ccccc1F)N1CCc2oc(CCc3cccnc3)nc2C1. The highest BCUT2D eigenvalue weighted by molar-refractivity contribution is 7.89. The van der Waals surface area contributed by atoms with Crippen LogP contribution in [0.4, 0.5) is 4.39 Å². The van der Waals surface area contributed by atoms with Crippen LogP contribution in [0.5, 0.6) is 0 Å². The van der Waals surface area contributed by atoms with E-state index in [0.717, 1.165) is 18.1 Å². The summed E-state index contributed by atoms with van der Waals surface area (Å²) in [6, 6.07) is 9.27. The van der Waals surface area contributed by atoms with Gasteiger partial charge >= 0.3 is 0 Å². The van der Waals surface area contributed by atoms with Crippen molar-refractivity contribution in [1.82, 2.24) is 14.3 Å². The van der Waals surface area contributed by atoms with Gasteiger partial charge in [0.05, 0.1) is 12.2 Å². The molecule has 1 aliphatic heterocycles. The van der Waals surface area contributed by atoms with Crippen molar-refractivity contribution in [2.45, 2.75) is 30.7 Å². The molecule has 0 amide bonds. The van der Waals surface area contributed by atoms with E-state index in [0.29, 0.717) is 30.2 Å². The molecular weight excluding hydrogens is 369 g/mol. The number of nitrogens with zero attached hydrogens (tertiary/aromatic N) is 3. The number of aromatic nitrogens is 2. The summed E-state index contributed by atoms with van der Waals surface area (Å²) in [5, 5.41) is 0. The zero-order valence-corrected chi connectivity index (χ0v) is 15.3. The number of aryl methyl sites for hydroxylation is 2. The lowest BCUT2D eigenvalue weighted by Gasteiger charge is -2.24. The normalized spacial score (nSPS) is 14.9. The second-order valence-corrected chi connectivity index (χ2v) is 8.26. The predicted molar refractivity (Wildman–Crippen MR) is 95.8 cm³/mol. The van der Waals surface area contributed by atoms with Crippen molar-refractivity contribution in [3.8, 4) is 0 Å². The van der Waals surface area contributed by atoms with Gasteiger partial charge < -0.3 is 4.42 Å². The molecule has 0 bridgehead atoms. The summed E-state index contributed by atoms with van der Waals surface area (Å²) in [6.45, 7) is 0.323. The molecule has 4 rings (SSSR count). The minimum Gasteiger partial charge on any atom is -0.445 e. The van der Waals surface area contributed by atoms with E-state index in [2.05, 4.69) is 9.97 Å². The highest BCUT2D eigenvalue weighted by atomic mass is 32.2. The van der Waals surface area contributed by atoms with Gasteiger partial charge in [0.1, 0.15) is 16.5 Å². The molecule has 0 aliphatic carbocycles. The van der Waals surface area contributed by atoms with E-state index in [-0.39, 0.29) is 18.0 Å². The number of hydrogen-bond acceptors (Lipinski definition) is 5. The van der Waals surface area contributed by atoms with Crippen LogP contribution in [0.1, 0.15) is 22.9 Å². The number of benzene rings is 1. The Bertz CT molecular complexity index is 1050. The first-order valence-corrected chi connectivity index (χ1v) is 10.1. The number of sulfonamides is 1. The first kappa shape index (κ1) is 17.8. The van der Waals surface area contributed by atoms with Crippen molar-refractivity contribution < 1.29 is 17.2 Å². The van der Waals surface area contributed by atoms with E-state index < -0.39 is 15.8 Å². The molecule has 8 heteroatoms. The predicted octanol–water partition coefficient (Wildman–Crippen LogP) is 2.74. The average molecular weight is 387 g/mol. The second-order valence-electron chi connectivity index (χ2n) is 6.36. The number of hydrogen-bond donors (Lipinski definition) is 0. The number of pyridine rings is 1. The van der Waals surface area contributed by atoms with Crippen molar-refractivity contribution in [2.24, 2.45) is 0 Å². The lowest BCUT2D eigenvalue weighted by molar-refractivity contribution is 0.354. The Kier molecular flexibility index (Phi) is 4.75. The van der Waals surface area contributed by atoms with Crippen LogP contribution in [0, 0.1) is 5.82 Å². The Morgan fingerprint density at radius 1 is 1.15 bits per heavy atom. The Morgan fingerprint density at radius 2 is 2.00 bits per heavy atom. The molecule has 0 saturated heterocycles. The largest absolute Gasteiger partial charge is 0.445 e. The summed E-state index contributed by atoms with van der Waals surface area (Å²) < 4.78 is 46.5. The molecule has 27 heavy (non-hydrogen) atoms. The zero-order valence-electron chi connectivity index (χ0n) is 14.5. The molecule has 0 radical (unpaired) electrons. The summed E-state index contributed by atoms with van der Waals surface area (Å²) in [7, 11) is -3.91. The molecule has 0 saturated carbocycles. The maximum atomic E-state index is 14.0. The monoisotopic (exact) mass is 387 g/mol. The van der Waals surface area contributed by atoms with Crippen LogP contribution in [-0.4, -0.2) is 29.2 Å². The van der Waals surface area contributed by atoms with Crippen LogP contribution in [0.25, 0.3) is 0 Å². The average Bonchev–Trinajstić information content (AvgIpc) is 3.09. The molecule has 0 N–H and O–H groups in total. The summed E-state index contributed by atoms with van der Waals surface area (Å²) in [5.41, 5.74) is 1.68. The van der Waals surface area contributed by atoms with Crippen molar-refractivity contribution in [2.75, 3.05) is 6.54 Å². The third-order valence-electron chi connectivity index (χ3n) is 4.54. The van der Waals surface area contributed by atoms with Gasteiger partial charge in [0, 0.05) is 31.8 Å². The third-order valence-corrected chi connectivity index (χ3v) is 6.42. The van der Waals surface area contributed by atoms with E-state index in [4.69, 9.17) is 4.42 Å². The fraction of sp³-hybridized carbons (Fsp3) is 0.263. The second kappa shape index (κ2) is 7.21. The minimum atomic E-state index is -3.91. The molecule has 0 fully saturated rings. The standard InChI is InChI=1S/C19H18FN3O3S/c20-15-5-1-2-6-18(15)27(24,25)23-11-9-17-16(13-23)22-19(26-17)8-7-14-4-3-10-21-12-14/h1-6,10,12H,7-9,11,13H2. The van der Waals surface area contributed by atoms with Gasteiger partial charge in [0.15, 0.2) is 5.89 Å². The zero-order chi connectivity index (χ0) is 18.9. The van der Waals surface area contributed by atoms with Gasteiger partial charge in [-0.15, -0.1) is 0 Å². The van der Waals surface area contributed by atoms with Crippen LogP contribution >= 0.6 is 0 Å². The lowest BCUT2D eigenvalue weighted by Crippen LogP contribution is -2.36. The number of rotatable bonds is 5. The Balaban J connectivity index is 1.50. The van der Waals surface area contributed by atoms with Crippen LogP contribution < -0.4 is 0 Å². The van der Waals surface area contributed by atoms with E-state index in [1.807, 2.05) is 12.1 Å². The first-order chi connectivity index (χ1) is 13.0.